The Labute approximate surface area is 105 Å². The van der Waals surface area contributed by atoms with Crippen molar-refractivity contribution in [2.24, 2.45) is 11.7 Å². The van der Waals surface area contributed by atoms with E-state index in [1.165, 1.54) is 19.3 Å². The van der Waals surface area contributed by atoms with E-state index < -0.39 is 0 Å². The van der Waals surface area contributed by atoms with E-state index in [9.17, 15) is 0 Å². The van der Waals surface area contributed by atoms with Crippen LogP contribution in [0.1, 0.15) is 26.2 Å². The molecule has 3 N–H and O–H groups in total. The summed E-state index contributed by atoms with van der Waals surface area (Å²) < 4.78 is 5.80. The third-order valence-electron chi connectivity index (χ3n) is 4.24. The Kier molecular flexibility index (Phi) is 5.22. The van der Waals surface area contributed by atoms with Crippen molar-refractivity contribution in [1.82, 2.24) is 10.2 Å². The van der Waals surface area contributed by atoms with E-state index in [0.717, 1.165) is 39.3 Å². The molecule has 2 rings (SSSR count). The molecule has 2 fully saturated rings. The van der Waals surface area contributed by atoms with Gasteiger partial charge in [0.1, 0.15) is 0 Å². The molecule has 3 unspecified atom stereocenters. The largest absolute Gasteiger partial charge is 0.374 e. The summed E-state index contributed by atoms with van der Waals surface area (Å²) in [5, 5.41) is 3.67. The third-order valence-corrected chi connectivity index (χ3v) is 4.24. The lowest BCUT2D eigenvalue weighted by atomic mass is 10.0. The molecule has 100 valence electrons. The molecule has 1 aliphatic heterocycles. The van der Waals surface area contributed by atoms with Crippen LogP contribution < -0.4 is 11.1 Å². The molecule has 4 heteroatoms. The highest BCUT2D eigenvalue weighted by atomic mass is 16.5. The van der Waals surface area contributed by atoms with Gasteiger partial charge in [0.15, 0.2) is 0 Å². The number of likely N-dealkylation sites (N-methyl/N-ethyl adjacent to an activating group) is 1. The highest BCUT2D eigenvalue weighted by Gasteiger charge is 2.27. The molecule has 1 heterocycles. The van der Waals surface area contributed by atoms with Crippen LogP contribution in [0, 0.1) is 5.92 Å². The Bertz CT molecular complexity index is 225. The molecule has 17 heavy (non-hydrogen) atoms. The van der Waals surface area contributed by atoms with Crippen LogP contribution in [0.15, 0.2) is 0 Å². The Balaban J connectivity index is 1.70. The number of ether oxygens (including phenoxy) is 1. The molecule has 0 spiro atoms. The van der Waals surface area contributed by atoms with Gasteiger partial charge in [0.05, 0.1) is 12.7 Å². The molecule has 0 bridgehead atoms. The second-order valence-electron chi connectivity index (χ2n) is 5.33. The van der Waals surface area contributed by atoms with E-state index in [0.29, 0.717) is 18.1 Å². The van der Waals surface area contributed by atoms with Gasteiger partial charge < -0.3 is 15.8 Å². The molecular weight excluding hydrogens is 214 g/mol. The van der Waals surface area contributed by atoms with Gasteiger partial charge in [-0.05, 0) is 31.8 Å². The molecule has 1 saturated heterocycles. The summed E-state index contributed by atoms with van der Waals surface area (Å²) in [7, 11) is 0. The Morgan fingerprint density at radius 1 is 1.41 bits per heavy atom. The van der Waals surface area contributed by atoms with Gasteiger partial charge in [0.2, 0.25) is 0 Å². The zero-order valence-electron chi connectivity index (χ0n) is 11.0. The monoisotopic (exact) mass is 241 g/mol. The van der Waals surface area contributed by atoms with Gasteiger partial charge in [-0.2, -0.15) is 0 Å². The quantitative estimate of drug-likeness (QED) is 0.733. The summed E-state index contributed by atoms with van der Waals surface area (Å²) in [6.45, 7) is 8.20. The molecule has 4 nitrogen and oxygen atoms in total. The van der Waals surface area contributed by atoms with Gasteiger partial charge in [0.25, 0.3) is 0 Å². The predicted molar refractivity (Wildman–Crippen MR) is 70.0 cm³/mol. The molecule has 0 aromatic rings. The summed E-state index contributed by atoms with van der Waals surface area (Å²) in [4.78, 5) is 2.46. The number of nitrogens with two attached hydrogens (primary N) is 1. The van der Waals surface area contributed by atoms with E-state index in [1.807, 2.05) is 0 Å². The van der Waals surface area contributed by atoms with Crippen LogP contribution >= 0.6 is 0 Å². The summed E-state index contributed by atoms with van der Waals surface area (Å²) >= 11 is 0. The molecule has 2 aliphatic rings. The van der Waals surface area contributed by atoms with Crippen LogP contribution in [-0.4, -0.2) is 56.4 Å². The van der Waals surface area contributed by atoms with Crippen LogP contribution in [0.25, 0.3) is 0 Å². The SMILES string of the molecule is CCN1CCOC(CNC2CCCC2CN)C1. The van der Waals surface area contributed by atoms with E-state index in [-0.39, 0.29) is 0 Å². The molecule has 1 aliphatic carbocycles. The molecule has 0 amide bonds. The van der Waals surface area contributed by atoms with E-state index >= 15 is 0 Å². The first kappa shape index (κ1) is 13.3. The highest BCUT2D eigenvalue weighted by molar-refractivity contribution is 4.85. The lowest BCUT2D eigenvalue weighted by Gasteiger charge is -2.33. The first-order chi connectivity index (χ1) is 8.33. The fraction of sp³-hybridized carbons (Fsp3) is 1.00. The van der Waals surface area contributed by atoms with Gasteiger partial charge in [0, 0.05) is 25.7 Å². The van der Waals surface area contributed by atoms with Gasteiger partial charge in [-0.3, -0.25) is 4.90 Å². The number of rotatable bonds is 5. The summed E-state index contributed by atoms with van der Waals surface area (Å²) in [5.41, 5.74) is 5.80. The maximum absolute atomic E-state index is 5.80. The fourth-order valence-electron chi connectivity index (χ4n) is 3.06. The zero-order chi connectivity index (χ0) is 12.1. The van der Waals surface area contributed by atoms with Gasteiger partial charge in [-0.1, -0.05) is 13.3 Å². The average molecular weight is 241 g/mol. The lowest BCUT2D eigenvalue weighted by molar-refractivity contribution is -0.0267. The molecule has 0 radical (unpaired) electrons. The fourth-order valence-corrected chi connectivity index (χ4v) is 3.06. The van der Waals surface area contributed by atoms with Gasteiger partial charge in [-0.15, -0.1) is 0 Å². The van der Waals surface area contributed by atoms with Crippen molar-refractivity contribution in [3.63, 3.8) is 0 Å². The Morgan fingerprint density at radius 3 is 3.06 bits per heavy atom. The number of hydrogen-bond acceptors (Lipinski definition) is 4. The second-order valence-corrected chi connectivity index (χ2v) is 5.33. The summed E-state index contributed by atoms with van der Waals surface area (Å²) in [5.74, 6) is 0.681. The minimum atomic E-state index is 0.364. The first-order valence-electron chi connectivity index (χ1n) is 7.11. The maximum Gasteiger partial charge on any atom is 0.0826 e. The number of hydrogen-bond donors (Lipinski definition) is 2. The Morgan fingerprint density at radius 2 is 2.29 bits per heavy atom. The molecule has 0 aromatic heterocycles. The smallest absolute Gasteiger partial charge is 0.0826 e. The molecule has 3 atom stereocenters. The Hall–Kier alpha value is -0.160. The number of nitrogens with zero attached hydrogens (tertiary/aromatic N) is 1. The minimum Gasteiger partial charge on any atom is -0.374 e. The normalized spacial score (nSPS) is 35.3. The van der Waals surface area contributed by atoms with Crippen molar-refractivity contribution in [3.8, 4) is 0 Å². The second kappa shape index (κ2) is 6.69. The number of nitrogens with one attached hydrogen (secondary N) is 1. The van der Waals surface area contributed by atoms with Crippen LogP contribution in [0.2, 0.25) is 0 Å². The van der Waals surface area contributed by atoms with Crippen molar-refractivity contribution in [3.05, 3.63) is 0 Å². The van der Waals surface area contributed by atoms with Crippen LogP contribution in [0.5, 0.6) is 0 Å². The van der Waals surface area contributed by atoms with Crippen molar-refractivity contribution in [2.45, 2.75) is 38.3 Å². The van der Waals surface area contributed by atoms with E-state index in [2.05, 4.69) is 17.1 Å². The predicted octanol–water partition coefficient (Wildman–Crippen LogP) is 0.424. The van der Waals surface area contributed by atoms with Crippen LogP contribution in [0.4, 0.5) is 0 Å². The third kappa shape index (κ3) is 3.65. The topological polar surface area (TPSA) is 50.5 Å². The van der Waals surface area contributed by atoms with Crippen molar-refractivity contribution in [1.29, 1.82) is 0 Å². The highest BCUT2D eigenvalue weighted by Crippen LogP contribution is 2.24. The number of morpholine rings is 1. The first-order valence-corrected chi connectivity index (χ1v) is 7.11. The van der Waals surface area contributed by atoms with Crippen molar-refractivity contribution < 1.29 is 4.74 Å². The van der Waals surface area contributed by atoms with Crippen LogP contribution in [0.3, 0.4) is 0 Å². The van der Waals surface area contributed by atoms with Crippen LogP contribution in [-0.2, 0) is 4.74 Å². The molecular formula is C13H27N3O. The standard InChI is InChI=1S/C13H27N3O/c1-2-16-6-7-17-12(10-16)9-15-13-5-3-4-11(13)8-14/h11-13,15H,2-10,14H2,1H3. The van der Waals surface area contributed by atoms with Crippen molar-refractivity contribution in [2.75, 3.05) is 39.3 Å². The maximum atomic E-state index is 5.80. The molecule has 1 saturated carbocycles. The summed E-state index contributed by atoms with van der Waals surface area (Å²) in [6, 6.07) is 0.626. The van der Waals surface area contributed by atoms with E-state index in [1.54, 1.807) is 0 Å². The zero-order valence-corrected chi connectivity index (χ0v) is 11.0. The molecule has 0 aromatic carbocycles. The minimum absolute atomic E-state index is 0.364. The summed E-state index contributed by atoms with van der Waals surface area (Å²) in [6.07, 6.45) is 4.27. The van der Waals surface area contributed by atoms with Crippen molar-refractivity contribution >= 4 is 0 Å². The van der Waals surface area contributed by atoms with Gasteiger partial charge in [-0.25, -0.2) is 0 Å². The van der Waals surface area contributed by atoms with E-state index in [4.69, 9.17) is 10.5 Å². The van der Waals surface area contributed by atoms with Gasteiger partial charge >= 0.3 is 0 Å². The average Bonchev–Trinajstić information content (AvgIpc) is 2.84. The lowest BCUT2D eigenvalue weighted by Crippen LogP contribution is -2.49.